The van der Waals surface area contributed by atoms with Gasteiger partial charge in [-0.15, -0.1) is 22.7 Å². The van der Waals surface area contributed by atoms with Gasteiger partial charge in [0.05, 0.1) is 56.2 Å². The molecule has 7 nitrogen and oxygen atoms in total. The molecule has 19 aromatic rings. The van der Waals surface area contributed by atoms with Crippen molar-refractivity contribution >= 4 is 75.7 Å². The van der Waals surface area contributed by atoms with E-state index < -0.39 is 0 Å². The fraction of sp³-hybridized carbons (Fsp3) is 0. The molecule has 0 atom stereocenters. The third kappa shape index (κ3) is 11.5. The van der Waals surface area contributed by atoms with Crippen molar-refractivity contribution < 1.29 is 0 Å². The number of thiophene rings is 2. The predicted octanol–water partition coefficient (Wildman–Crippen LogP) is 24.8. The smallest absolute Gasteiger partial charge is 0.145 e. The van der Waals surface area contributed by atoms with E-state index in [9.17, 15) is 0 Å². The Morgan fingerprint density at radius 1 is 0.248 bits per heavy atom. The van der Waals surface area contributed by atoms with E-state index >= 15 is 0 Å². The van der Waals surface area contributed by atoms with Crippen LogP contribution in [-0.4, -0.2) is 34.5 Å². The number of pyridine rings is 5. The molecule has 19 rings (SSSR count). The maximum Gasteiger partial charge on any atom is 0.145 e. The van der Waals surface area contributed by atoms with Crippen molar-refractivity contribution in [1.29, 1.82) is 0 Å². The van der Waals surface area contributed by atoms with Gasteiger partial charge in [-0.2, -0.15) is 0 Å². The molecule has 0 amide bonds. The highest BCUT2D eigenvalue weighted by molar-refractivity contribution is 7.24. The molecule has 9 heteroatoms. The van der Waals surface area contributed by atoms with Crippen molar-refractivity contribution in [3.05, 3.63) is 358 Å². The Bertz CT molecular complexity index is 6130. The summed E-state index contributed by atoms with van der Waals surface area (Å²) in [6.07, 6.45) is 3.60. The second kappa shape index (κ2) is 26.5. The fourth-order valence-electron chi connectivity index (χ4n) is 13.8. The molecule has 0 unspecified atom stereocenters. The van der Waals surface area contributed by atoms with Gasteiger partial charge in [0.15, 0.2) is 0 Å². The monoisotopic (exact) mass is 1330 g/mol. The summed E-state index contributed by atoms with van der Waals surface area (Å²) in [5.41, 5.74) is 25.3. The summed E-state index contributed by atoms with van der Waals surface area (Å²) >= 11 is 3.71. The van der Waals surface area contributed by atoms with Crippen LogP contribution in [0.1, 0.15) is 0 Å². The third-order valence-corrected chi connectivity index (χ3v) is 21.2. The van der Waals surface area contributed by atoms with Gasteiger partial charge in [-0.1, -0.05) is 273 Å². The zero-order valence-corrected chi connectivity index (χ0v) is 56.1. The Hall–Kier alpha value is -12.9. The lowest BCUT2D eigenvalue weighted by molar-refractivity contribution is 1.10. The van der Waals surface area contributed by atoms with Crippen molar-refractivity contribution in [1.82, 2.24) is 34.5 Å². The fourth-order valence-corrected chi connectivity index (χ4v) is 16.6. The largest absolute Gasteiger partial charge is 0.292 e. The molecule has 8 heterocycles. The van der Waals surface area contributed by atoms with Crippen LogP contribution in [0.25, 0.3) is 181 Å². The van der Waals surface area contributed by atoms with Crippen LogP contribution in [0.2, 0.25) is 0 Å². The number of para-hydroxylation sites is 5. The van der Waals surface area contributed by atoms with Crippen molar-refractivity contribution in [2.45, 2.75) is 0 Å². The highest BCUT2D eigenvalue weighted by atomic mass is 32.1. The zero-order valence-electron chi connectivity index (χ0n) is 54.5. The highest BCUT2D eigenvalue weighted by Gasteiger charge is 2.25. The van der Waals surface area contributed by atoms with E-state index in [4.69, 9.17) is 19.9 Å². The lowest BCUT2D eigenvalue weighted by Gasteiger charge is -2.12. The van der Waals surface area contributed by atoms with Crippen molar-refractivity contribution in [3.8, 4) is 128 Å². The SMILES string of the molecule is c1ccc(-c2sc3c(c(-c4ccc(-c5cc(-c6ccccn6)nc(-c6ccccn6)c5)cc4)nc4ccccc43)c2-c2ccccc2)cc1.c1ccc(-c2sc3c(c(-c4ccc(-c5ccc(-c6nc7ccccc7n6-c6ccccc6)cc5)cc4)nc4ccccc43)c2-c2ccccc2)cc1. The number of rotatable bonds is 12. The van der Waals surface area contributed by atoms with Crippen LogP contribution in [0, 0.1) is 0 Å². The van der Waals surface area contributed by atoms with Gasteiger partial charge in [0.1, 0.15) is 5.82 Å². The Morgan fingerprint density at radius 3 is 1.06 bits per heavy atom. The molecule has 0 aliphatic carbocycles. The van der Waals surface area contributed by atoms with Gasteiger partial charge in [0.25, 0.3) is 0 Å². The summed E-state index contributed by atoms with van der Waals surface area (Å²) in [5.74, 6) is 0.931. The number of aromatic nitrogens is 7. The van der Waals surface area contributed by atoms with Gasteiger partial charge in [-0.25, -0.2) is 19.9 Å². The van der Waals surface area contributed by atoms with E-state index in [0.717, 1.165) is 107 Å². The first-order chi connectivity index (χ1) is 50.1. The van der Waals surface area contributed by atoms with Crippen molar-refractivity contribution in [2.75, 3.05) is 0 Å². The zero-order chi connectivity index (χ0) is 67.0. The molecule has 0 aliphatic rings. The van der Waals surface area contributed by atoms with Gasteiger partial charge in [-0.05, 0) is 117 Å². The standard InChI is InChI=1S/C48H31N3S.C44H28N4S/c1-4-14-34(15-5-1)43-44-45(49-40-21-11-10-20-39(40)47(44)52-46(43)36-16-6-2-7-17-36)35-28-24-32(25-29-35)33-26-30-37(31-27-33)48-50-41-22-12-13-23-42(41)51(48)38-18-8-3-9-19-38;1-3-13-30(14-4-1)40-41-42(48-35-18-8-7-17-34(35)44(41)49-43(40)32-15-5-2-6-16-32)31-23-21-29(22-24-31)33-27-38(36-19-9-11-25-45-36)47-39(28-33)37-20-10-12-26-46-37/h1-31H;1-28H. The molecular formula is C92H59N7S2. The summed E-state index contributed by atoms with van der Waals surface area (Å²) in [4.78, 5) is 32.4. The summed E-state index contributed by atoms with van der Waals surface area (Å²) in [6, 6.07) is 121. The normalized spacial score (nSPS) is 11.4. The Balaban J connectivity index is 0.000000145. The van der Waals surface area contributed by atoms with E-state index in [1.807, 2.05) is 71.2 Å². The van der Waals surface area contributed by atoms with E-state index in [0.29, 0.717) is 0 Å². The number of hydrogen-bond acceptors (Lipinski definition) is 8. The van der Waals surface area contributed by atoms with Gasteiger partial charge in [0, 0.05) is 86.6 Å². The number of benzene rings is 11. The number of imidazole rings is 1. The lowest BCUT2D eigenvalue weighted by Crippen LogP contribution is -1.97. The average Bonchev–Trinajstić information content (AvgIpc) is 1.61. The summed E-state index contributed by atoms with van der Waals surface area (Å²) in [7, 11) is 0. The molecule has 0 N–H and O–H groups in total. The third-order valence-electron chi connectivity index (χ3n) is 18.6. The summed E-state index contributed by atoms with van der Waals surface area (Å²) < 4.78 is 4.75. The second-order valence-corrected chi connectivity index (χ2v) is 26.9. The van der Waals surface area contributed by atoms with E-state index in [2.05, 4.69) is 312 Å². The molecule has 11 aromatic carbocycles. The minimum atomic E-state index is 0.806. The first-order valence-electron chi connectivity index (χ1n) is 33.7. The molecule has 474 valence electrons. The maximum absolute atomic E-state index is 5.36. The molecule has 0 aliphatic heterocycles. The van der Waals surface area contributed by atoms with Crippen LogP contribution in [0.15, 0.2) is 358 Å². The van der Waals surface area contributed by atoms with Gasteiger partial charge in [0.2, 0.25) is 0 Å². The molecule has 101 heavy (non-hydrogen) atoms. The van der Waals surface area contributed by atoms with Crippen molar-refractivity contribution in [2.24, 2.45) is 0 Å². The summed E-state index contributed by atoms with van der Waals surface area (Å²) in [5, 5.41) is 4.73. The van der Waals surface area contributed by atoms with Crippen LogP contribution in [0.3, 0.4) is 0 Å². The van der Waals surface area contributed by atoms with E-state index in [1.165, 1.54) is 74.1 Å². The van der Waals surface area contributed by atoms with E-state index in [1.54, 1.807) is 12.4 Å². The molecule has 0 fully saturated rings. The number of fused-ring (bicyclic) bond motifs is 7. The lowest BCUT2D eigenvalue weighted by atomic mass is 9.94. The Morgan fingerprint density at radius 2 is 0.614 bits per heavy atom. The van der Waals surface area contributed by atoms with Gasteiger partial charge >= 0.3 is 0 Å². The molecule has 0 bridgehead atoms. The minimum absolute atomic E-state index is 0.806. The van der Waals surface area contributed by atoms with Crippen LogP contribution < -0.4 is 0 Å². The number of hydrogen-bond donors (Lipinski definition) is 0. The minimum Gasteiger partial charge on any atom is -0.292 e. The molecule has 0 spiro atoms. The average molecular weight is 1330 g/mol. The Labute approximate surface area is 592 Å². The van der Waals surface area contributed by atoms with E-state index in [-0.39, 0.29) is 0 Å². The van der Waals surface area contributed by atoms with Crippen molar-refractivity contribution in [3.63, 3.8) is 0 Å². The van der Waals surface area contributed by atoms with Gasteiger partial charge in [-0.3, -0.25) is 14.5 Å². The molecule has 0 saturated carbocycles. The molecular weight excluding hydrogens is 1270 g/mol. The molecule has 0 saturated heterocycles. The first-order valence-corrected chi connectivity index (χ1v) is 35.4. The van der Waals surface area contributed by atoms with Crippen LogP contribution in [0.4, 0.5) is 0 Å². The van der Waals surface area contributed by atoms with Crippen LogP contribution >= 0.6 is 22.7 Å². The number of nitrogens with zero attached hydrogens (tertiary/aromatic N) is 7. The molecule has 0 radical (unpaired) electrons. The Kier molecular flexibility index (Phi) is 15.9. The van der Waals surface area contributed by atoms with Gasteiger partial charge < -0.3 is 0 Å². The quantitative estimate of drug-likeness (QED) is 0.121. The summed E-state index contributed by atoms with van der Waals surface area (Å²) in [6.45, 7) is 0. The predicted molar refractivity (Wildman–Crippen MR) is 422 cm³/mol. The van der Waals surface area contributed by atoms with Crippen LogP contribution in [-0.2, 0) is 0 Å². The second-order valence-electron chi connectivity index (χ2n) is 24.8. The maximum atomic E-state index is 5.36. The highest BCUT2D eigenvalue weighted by Crippen LogP contribution is 2.52. The topological polar surface area (TPSA) is 82.3 Å². The first kappa shape index (κ1) is 60.5. The van der Waals surface area contributed by atoms with Crippen LogP contribution in [0.5, 0.6) is 0 Å². The molecule has 8 aromatic heterocycles.